The summed E-state index contributed by atoms with van der Waals surface area (Å²) in [6.07, 6.45) is 5.69. The molecule has 0 radical (unpaired) electrons. The number of aryl methyl sites for hydroxylation is 2. The van der Waals surface area contributed by atoms with E-state index in [4.69, 9.17) is 14.7 Å². The maximum absolute atomic E-state index is 13.4. The van der Waals surface area contributed by atoms with Crippen LogP contribution in [0.25, 0.3) is 11.0 Å². The van der Waals surface area contributed by atoms with E-state index in [1.165, 1.54) is 12.1 Å². The van der Waals surface area contributed by atoms with Crippen molar-refractivity contribution in [2.45, 2.75) is 64.6 Å². The topological polar surface area (TPSA) is 65.2 Å². The highest BCUT2D eigenvalue weighted by Gasteiger charge is 2.24. The molecule has 0 aliphatic carbocycles. The predicted octanol–water partition coefficient (Wildman–Crippen LogP) is 4.51. The summed E-state index contributed by atoms with van der Waals surface area (Å²) in [5, 5.41) is 0. The minimum Gasteiger partial charge on any atom is -0.461 e. The normalized spacial score (nSPS) is 16.6. The second-order valence-electron chi connectivity index (χ2n) is 10.5. The average molecular weight is 516 g/mol. The first kappa shape index (κ1) is 24.8. The van der Waals surface area contributed by atoms with E-state index >= 15 is 0 Å². The lowest BCUT2D eigenvalue weighted by Gasteiger charge is -2.32. The summed E-state index contributed by atoms with van der Waals surface area (Å²) < 4.78 is 23.9. The van der Waals surface area contributed by atoms with Crippen molar-refractivity contribution in [3.05, 3.63) is 87.3 Å². The second-order valence-corrected chi connectivity index (χ2v) is 10.5. The van der Waals surface area contributed by atoms with E-state index in [1.54, 1.807) is 12.1 Å². The lowest BCUT2D eigenvalue weighted by molar-refractivity contribution is 0.0907. The van der Waals surface area contributed by atoms with Gasteiger partial charge in [-0.15, -0.1) is 0 Å². The molecule has 4 heterocycles. The van der Waals surface area contributed by atoms with E-state index in [1.807, 2.05) is 35.8 Å². The van der Waals surface area contributed by atoms with E-state index in [0.29, 0.717) is 12.6 Å². The fourth-order valence-electron chi connectivity index (χ4n) is 5.76. The molecule has 2 aromatic heterocycles. The van der Waals surface area contributed by atoms with Crippen LogP contribution < -0.4 is 10.3 Å². The largest absolute Gasteiger partial charge is 0.461 e. The van der Waals surface area contributed by atoms with Gasteiger partial charge in [0.15, 0.2) is 0 Å². The molecule has 0 amide bonds. The molecule has 2 aromatic carbocycles. The predicted molar refractivity (Wildman–Crippen MR) is 145 cm³/mol. The standard InChI is InChI=1S/C30H34FN5O2/c1-21-25(29(37)35-16-5-4-8-28(35)32-21)15-19-34-17-13-24(14-18-34)38-30-33-26-6-2-3-7-27(26)36(30)20-22-9-11-23(31)12-10-22/h2-3,6-7,9-12,24H,4-5,8,13-20H2,1H3. The van der Waals surface area contributed by atoms with Crippen LogP contribution >= 0.6 is 0 Å². The molecule has 8 heteroatoms. The van der Waals surface area contributed by atoms with Crippen molar-refractivity contribution in [3.8, 4) is 6.01 Å². The van der Waals surface area contributed by atoms with Gasteiger partial charge in [0.2, 0.25) is 0 Å². The Morgan fingerprint density at radius 2 is 1.79 bits per heavy atom. The zero-order valence-corrected chi connectivity index (χ0v) is 21.9. The molecule has 0 bridgehead atoms. The molecule has 38 heavy (non-hydrogen) atoms. The number of piperidine rings is 1. The molecule has 0 spiro atoms. The molecular weight excluding hydrogens is 481 g/mol. The van der Waals surface area contributed by atoms with Gasteiger partial charge < -0.3 is 9.64 Å². The van der Waals surface area contributed by atoms with Crippen molar-refractivity contribution in [2.75, 3.05) is 19.6 Å². The number of hydrogen-bond acceptors (Lipinski definition) is 5. The van der Waals surface area contributed by atoms with Crippen LogP contribution in [0.5, 0.6) is 6.01 Å². The van der Waals surface area contributed by atoms with E-state index in [0.717, 1.165) is 98.4 Å². The van der Waals surface area contributed by atoms with E-state index in [9.17, 15) is 9.18 Å². The third-order valence-electron chi connectivity index (χ3n) is 7.94. The summed E-state index contributed by atoms with van der Waals surface area (Å²) in [6.45, 7) is 6.03. The Morgan fingerprint density at radius 3 is 2.61 bits per heavy atom. The number of ether oxygens (including phenoxy) is 1. The van der Waals surface area contributed by atoms with Gasteiger partial charge in [0.05, 0.1) is 17.6 Å². The van der Waals surface area contributed by atoms with Gasteiger partial charge in [-0.05, 0) is 68.9 Å². The van der Waals surface area contributed by atoms with E-state index in [-0.39, 0.29) is 17.5 Å². The Labute approximate surface area is 221 Å². The monoisotopic (exact) mass is 515 g/mol. The van der Waals surface area contributed by atoms with Gasteiger partial charge in [0.1, 0.15) is 17.7 Å². The summed E-state index contributed by atoms with van der Waals surface area (Å²) in [6, 6.07) is 15.2. The molecule has 7 nitrogen and oxygen atoms in total. The number of aromatic nitrogens is 4. The Balaban J connectivity index is 1.10. The zero-order valence-electron chi connectivity index (χ0n) is 21.9. The van der Waals surface area contributed by atoms with Crippen molar-refractivity contribution in [1.82, 2.24) is 24.0 Å². The van der Waals surface area contributed by atoms with Crippen molar-refractivity contribution >= 4 is 11.0 Å². The SMILES string of the molecule is Cc1nc2n(c(=O)c1CCN1CCC(Oc3nc4ccccc4n3Cc3ccc(F)cc3)CC1)CCCC2. The Morgan fingerprint density at radius 1 is 1.00 bits per heavy atom. The van der Waals surface area contributed by atoms with Crippen LogP contribution in [0.15, 0.2) is 53.3 Å². The molecule has 1 fully saturated rings. The highest BCUT2D eigenvalue weighted by Crippen LogP contribution is 2.26. The van der Waals surface area contributed by atoms with E-state index in [2.05, 4.69) is 9.47 Å². The number of para-hydroxylation sites is 2. The molecule has 0 saturated carbocycles. The minimum atomic E-state index is -0.240. The lowest BCUT2D eigenvalue weighted by atomic mass is 10.1. The first-order valence-corrected chi connectivity index (χ1v) is 13.7. The van der Waals surface area contributed by atoms with Crippen molar-refractivity contribution in [3.63, 3.8) is 0 Å². The fourth-order valence-corrected chi connectivity index (χ4v) is 5.76. The van der Waals surface area contributed by atoms with Crippen molar-refractivity contribution < 1.29 is 9.13 Å². The molecule has 1 saturated heterocycles. The summed E-state index contributed by atoms with van der Waals surface area (Å²) in [4.78, 5) is 25.0. The molecule has 198 valence electrons. The number of benzene rings is 2. The van der Waals surface area contributed by atoms with Crippen LogP contribution in [0.1, 0.15) is 48.3 Å². The van der Waals surface area contributed by atoms with Gasteiger partial charge in [-0.25, -0.2) is 9.37 Å². The maximum Gasteiger partial charge on any atom is 0.297 e. The van der Waals surface area contributed by atoms with Gasteiger partial charge in [0.25, 0.3) is 11.6 Å². The molecule has 0 unspecified atom stereocenters. The first-order valence-electron chi connectivity index (χ1n) is 13.7. The first-order chi connectivity index (χ1) is 18.5. The highest BCUT2D eigenvalue weighted by molar-refractivity contribution is 5.76. The second kappa shape index (κ2) is 10.7. The van der Waals surface area contributed by atoms with Gasteiger partial charge in [-0.2, -0.15) is 4.98 Å². The molecule has 0 N–H and O–H groups in total. The summed E-state index contributed by atoms with van der Waals surface area (Å²) in [7, 11) is 0. The quantitative estimate of drug-likeness (QED) is 0.362. The summed E-state index contributed by atoms with van der Waals surface area (Å²) in [5.74, 6) is 0.710. The number of fused-ring (bicyclic) bond motifs is 2. The third kappa shape index (κ3) is 5.10. The van der Waals surface area contributed by atoms with Crippen molar-refractivity contribution in [2.24, 2.45) is 0 Å². The van der Waals surface area contributed by atoms with Crippen LogP contribution in [-0.2, 0) is 25.9 Å². The highest BCUT2D eigenvalue weighted by atomic mass is 19.1. The van der Waals surface area contributed by atoms with Crippen LogP contribution in [0.4, 0.5) is 4.39 Å². The van der Waals surface area contributed by atoms with Crippen LogP contribution in [0.3, 0.4) is 0 Å². The van der Waals surface area contributed by atoms with Crippen LogP contribution in [0, 0.1) is 12.7 Å². The minimum absolute atomic E-state index is 0.0767. The number of nitrogens with zero attached hydrogens (tertiary/aromatic N) is 5. The van der Waals surface area contributed by atoms with Crippen molar-refractivity contribution in [1.29, 1.82) is 0 Å². The Bertz CT molecular complexity index is 1490. The average Bonchev–Trinajstić information content (AvgIpc) is 3.27. The number of likely N-dealkylation sites (tertiary alicyclic amines) is 1. The third-order valence-corrected chi connectivity index (χ3v) is 7.94. The zero-order chi connectivity index (χ0) is 26.1. The maximum atomic E-state index is 13.4. The van der Waals surface area contributed by atoms with Crippen LogP contribution in [-0.4, -0.2) is 49.7 Å². The van der Waals surface area contributed by atoms with Gasteiger partial charge in [0, 0.05) is 43.9 Å². The Hall–Kier alpha value is -3.52. The smallest absolute Gasteiger partial charge is 0.297 e. The Kier molecular flexibility index (Phi) is 6.98. The van der Waals surface area contributed by atoms with Gasteiger partial charge in [-0.1, -0.05) is 24.3 Å². The van der Waals surface area contributed by atoms with Gasteiger partial charge in [-0.3, -0.25) is 13.9 Å². The number of halogens is 1. The molecule has 4 aromatic rings. The molecule has 2 aliphatic heterocycles. The molecule has 2 aliphatic rings. The summed E-state index contributed by atoms with van der Waals surface area (Å²) in [5.41, 5.74) is 4.81. The molecule has 6 rings (SSSR count). The molecule has 0 atom stereocenters. The number of rotatable bonds is 7. The number of hydrogen-bond donors (Lipinski definition) is 0. The van der Waals surface area contributed by atoms with E-state index < -0.39 is 0 Å². The fraction of sp³-hybridized carbons (Fsp3) is 0.433. The lowest BCUT2D eigenvalue weighted by Crippen LogP contribution is -2.40. The molecular formula is C30H34FN5O2. The van der Waals surface area contributed by atoms with Gasteiger partial charge >= 0.3 is 0 Å². The van der Waals surface area contributed by atoms with Crippen LogP contribution in [0.2, 0.25) is 0 Å². The summed E-state index contributed by atoms with van der Waals surface area (Å²) >= 11 is 0. The number of imidazole rings is 1.